The SMILES string of the molecule is CC#CCCNC(=O)Cc1c(F)cccc1F. The van der Waals surface area contributed by atoms with Crippen LogP contribution >= 0.6 is 0 Å². The Morgan fingerprint density at radius 2 is 2.00 bits per heavy atom. The molecule has 1 rings (SSSR count). The van der Waals surface area contributed by atoms with E-state index in [-0.39, 0.29) is 12.0 Å². The Labute approximate surface area is 99.0 Å². The van der Waals surface area contributed by atoms with Gasteiger partial charge in [-0.05, 0) is 19.1 Å². The van der Waals surface area contributed by atoms with Crippen LogP contribution < -0.4 is 5.32 Å². The van der Waals surface area contributed by atoms with E-state index in [1.807, 2.05) is 0 Å². The zero-order valence-corrected chi connectivity index (χ0v) is 9.52. The molecule has 4 heteroatoms. The van der Waals surface area contributed by atoms with Crippen molar-refractivity contribution in [1.29, 1.82) is 0 Å². The molecule has 17 heavy (non-hydrogen) atoms. The van der Waals surface area contributed by atoms with Gasteiger partial charge in [-0.1, -0.05) is 6.07 Å². The van der Waals surface area contributed by atoms with Gasteiger partial charge in [-0.15, -0.1) is 11.8 Å². The Kier molecular flexibility index (Phi) is 5.15. The van der Waals surface area contributed by atoms with Gasteiger partial charge in [0.1, 0.15) is 11.6 Å². The summed E-state index contributed by atoms with van der Waals surface area (Å²) in [7, 11) is 0. The third-order valence-electron chi connectivity index (χ3n) is 2.15. The van der Waals surface area contributed by atoms with Crippen molar-refractivity contribution in [2.75, 3.05) is 6.54 Å². The normalized spacial score (nSPS) is 9.35. The molecule has 0 heterocycles. The number of carbonyl (C=O) groups excluding carboxylic acids is 1. The standard InChI is InChI=1S/C13H13F2NO/c1-2-3-4-8-16-13(17)9-10-11(14)6-5-7-12(10)15/h5-7H,4,8-9H2,1H3,(H,16,17). The Morgan fingerprint density at radius 3 is 2.59 bits per heavy atom. The van der Waals surface area contributed by atoms with Crippen molar-refractivity contribution in [3.8, 4) is 11.8 Å². The molecule has 0 aliphatic heterocycles. The van der Waals surface area contributed by atoms with Gasteiger partial charge >= 0.3 is 0 Å². The average Bonchev–Trinajstić information content (AvgIpc) is 2.30. The van der Waals surface area contributed by atoms with Crippen LogP contribution in [0.25, 0.3) is 0 Å². The fourth-order valence-electron chi connectivity index (χ4n) is 1.31. The largest absolute Gasteiger partial charge is 0.355 e. The summed E-state index contributed by atoms with van der Waals surface area (Å²) in [4.78, 5) is 11.4. The third-order valence-corrected chi connectivity index (χ3v) is 2.15. The lowest BCUT2D eigenvalue weighted by molar-refractivity contribution is -0.120. The molecule has 0 aliphatic rings. The number of nitrogens with one attached hydrogen (secondary N) is 1. The highest BCUT2D eigenvalue weighted by atomic mass is 19.1. The van der Waals surface area contributed by atoms with Gasteiger partial charge in [0.25, 0.3) is 0 Å². The maximum atomic E-state index is 13.2. The molecular formula is C13H13F2NO. The summed E-state index contributed by atoms with van der Waals surface area (Å²) in [5, 5.41) is 2.55. The van der Waals surface area contributed by atoms with E-state index >= 15 is 0 Å². The van der Waals surface area contributed by atoms with Gasteiger partial charge < -0.3 is 5.32 Å². The zero-order valence-electron chi connectivity index (χ0n) is 9.52. The highest BCUT2D eigenvalue weighted by molar-refractivity contribution is 5.78. The molecule has 0 saturated carbocycles. The molecule has 0 atom stereocenters. The van der Waals surface area contributed by atoms with Gasteiger partial charge in [0.15, 0.2) is 0 Å². The Morgan fingerprint density at radius 1 is 1.35 bits per heavy atom. The van der Waals surface area contributed by atoms with Crippen LogP contribution in [-0.4, -0.2) is 12.5 Å². The maximum absolute atomic E-state index is 13.2. The highest BCUT2D eigenvalue weighted by Crippen LogP contribution is 2.12. The molecule has 1 N–H and O–H groups in total. The zero-order chi connectivity index (χ0) is 12.7. The molecular weight excluding hydrogens is 224 g/mol. The summed E-state index contributed by atoms with van der Waals surface area (Å²) in [6, 6.07) is 3.53. The second-order valence-corrected chi connectivity index (χ2v) is 3.40. The fourth-order valence-corrected chi connectivity index (χ4v) is 1.31. The number of hydrogen-bond acceptors (Lipinski definition) is 1. The van der Waals surface area contributed by atoms with Crippen LogP contribution in [0.1, 0.15) is 18.9 Å². The first-order chi connectivity index (χ1) is 8.15. The van der Waals surface area contributed by atoms with E-state index in [0.717, 1.165) is 12.1 Å². The smallest absolute Gasteiger partial charge is 0.224 e. The van der Waals surface area contributed by atoms with Crippen LogP contribution in [0.3, 0.4) is 0 Å². The molecule has 0 spiro atoms. The molecule has 0 aromatic heterocycles. The molecule has 0 saturated heterocycles. The van der Waals surface area contributed by atoms with Crippen LogP contribution in [0.15, 0.2) is 18.2 Å². The third kappa shape index (κ3) is 4.23. The topological polar surface area (TPSA) is 29.1 Å². The molecule has 0 fully saturated rings. The predicted molar refractivity (Wildman–Crippen MR) is 61.1 cm³/mol. The van der Waals surface area contributed by atoms with Gasteiger partial charge in [-0.2, -0.15) is 0 Å². The molecule has 0 unspecified atom stereocenters. The van der Waals surface area contributed by atoms with E-state index in [1.165, 1.54) is 6.07 Å². The Bertz CT molecular complexity index is 440. The molecule has 1 aromatic rings. The average molecular weight is 237 g/mol. The van der Waals surface area contributed by atoms with Crippen LogP contribution in [0, 0.1) is 23.5 Å². The van der Waals surface area contributed by atoms with E-state index in [2.05, 4.69) is 17.2 Å². The van der Waals surface area contributed by atoms with Crippen molar-refractivity contribution in [2.24, 2.45) is 0 Å². The monoisotopic (exact) mass is 237 g/mol. The van der Waals surface area contributed by atoms with Crippen molar-refractivity contribution < 1.29 is 13.6 Å². The number of amides is 1. The Hall–Kier alpha value is -1.89. The summed E-state index contributed by atoms with van der Waals surface area (Å²) in [5.41, 5.74) is -0.202. The van der Waals surface area contributed by atoms with Crippen LogP contribution in [-0.2, 0) is 11.2 Å². The fraction of sp³-hybridized carbons (Fsp3) is 0.308. The Balaban J connectivity index is 2.52. The number of carbonyl (C=O) groups is 1. The molecule has 90 valence electrons. The van der Waals surface area contributed by atoms with Crippen LogP contribution in [0.2, 0.25) is 0 Å². The second kappa shape index (κ2) is 6.64. The number of halogens is 2. The summed E-state index contributed by atoms with van der Waals surface area (Å²) < 4.78 is 26.4. The van der Waals surface area contributed by atoms with E-state index in [0.29, 0.717) is 13.0 Å². The van der Waals surface area contributed by atoms with E-state index in [4.69, 9.17) is 0 Å². The van der Waals surface area contributed by atoms with Crippen molar-refractivity contribution >= 4 is 5.91 Å². The molecule has 2 nitrogen and oxygen atoms in total. The van der Waals surface area contributed by atoms with Crippen molar-refractivity contribution in [1.82, 2.24) is 5.32 Å². The number of hydrogen-bond donors (Lipinski definition) is 1. The molecule has 1 amide bonds. The van der Waals surface area contributed by atoms with E-state index in [9.17, 15) is 13.6 Å². The molecule has 1 aromatic carbocycles. The van der Waals surface area contributed by atoms with E-state index < -0.39 is 17.5 Å². The van der Waals surface area contributed by atoms with Gasteiger partial charge in [0, 0.05) is 18.5 Å². The van der Waals surface area contributed by atoms with E-state index in [1.54, 1.807) is 6.92 Å². The predicted octanol–water partition coefficient (Wildman–Crippen LogP) is 2.04. The first kappa shape index (κ1) is 13.2. The minimum atomic E-state index is -0.700. The van der Waals surface area contributed by atoms with Crippen molar-refractivity contribution in [3.05, 3.63) is 35.4 Å². The van der Waals surface area contributed by atoms with Gasteiger partial charge in [0.05, 0.1) is 6.42 Å². The molecule has 0 aliphatic carbocycles. The lowest BCUT2D eigenvalue weighted by Crippen LogP contribution is -2.26. The molecule has 0 bridgehead atoms. The highest BCUT2D eigenvalue weighted by Gasteiger charge is 2.12. The van der Waals surface area contributed by atoms with Crippen molar-refractivity contribution in [2.45, 2.75) is 19.8 Å². The minimum absolute atomic E-state index is 0.202. The summed E-state index contributed by atoms with van der Waals surface area (Å²) in [6.45, 7) is 2.09. The van der Waals surface area contributed by atoms with Crippen LogP contribution in [0.4, 0.5) is 8.78 Å². The number of benzene rings is 1. The first-order valence-electron chi connectivity index (χ1n) is 5.24. The quantitative estimate of drug-likeness (QED) is 0.630. The van der Waals surface area contributed by atoms with Crippen molar-refractivity contribution in [3.63, 3.8) is 0 Å². The second-order valence-electron chi connectivity index (χ2n) is 3.40. The van der Waals surface area contributed by atoms with Crippen LogP contribution in [0.5, 0.6) is 0 Å². The first-order valence-corrected chi connectivity index (χ1v) is 5.24. The minimum Gasteiger partial charge on any atom is -0.355 e. The number of rotatable bonds is 4. The lowest BCUT2D eigenvalue weighted by Gasteiger charge is -2.05. The summed E-state index contributed by atoms with van der Waals surface area (Å²) in [6.07, 6.45) is 0.236. The van der Waals surface area contributed by atoms with Gasteiger partial charge in [0.2, 0.25) is 5.91 Å². The molecule has 0 radical (unpaired) electrons. The van der Waals surface area contributed by atoms with Gasteiger partial charge in [-0.3, -0.25) is 4.79 Å². The summed E-state index contributed by atoms with van der Waals surface area (Å²) in [5.74, 6) is 3.65. The summed E-state index contributed by atoms with van der Waals surface area (Å²) >= 11 is 0. The lowest BCUT2D eigenvalue weighted by atomic mass is 10.1. The van der Waals surface area contributed by atoms with Gasteiger partial charge in [-0.25, -0.2) is 8.78 Å². The maximum Gasteiger partial charge on any atom is 0.224 e.